The Morgan fingerprint density at radius 1 is 1.14 bits per heavy atom. The molecular formula is C17H19N3OS. The van der Waals surface area contributed by atoms with Crippen molar-refractivity contribution in [3.63, 3.8) is 0 Å². The average Bonchev–Trinajstić information content (AvgIpc) is 3.20. The number of piperazine rings is 1. The number of hydrogen-bond acceptors (Lipinski definition) is 4. The fourth-order valence-corrected chi connectivity index (χ4v) is 3.96. The van der Waals surface area contributed by atoms with Gasteiger partial charge in [-0.3, -0.25) is 4.79 Å². The van der Waals surface area contributed by atoms with Crippen LogP contribution in [0.15, 0.2) is 41.9 Å². The van der Waals surface area contributed by atoms with Crippen molar-refractivity contribution >= 4 is 22.4 Å². The molecular weight excluding hydrogens is 294 g/mol. The lowest BCUT2D eigenvalue weighted by Gasteiger charge is -2.34. The molecule has 5 heteroatoms. The van der Waals surface area contributed by atoms with Crippen LogP contribution in [-0.4, -0.2) is 42.0 Å². The highest BCUT2D eigenvalue weighted by atomic mass is 32.1. The molecule has 1 amide bonds. The number of nitrogens with zero attached hydrogens (tertiary/aromatic N) is 3. The van der Waals surface area contributed by atoms with E-state index in [-0.39, 0.29) is 5.92 Å². The third kappa shape index (κ3) is 2.61. The number of amides is 1. The van der Waals surface area contributed by atoms with Crippen molar-refractivity contribution in [1.82, 2.24) is 9.88 Å². The lowest BCUT2D eigenvalue weighted by molar-refractivity contribution is -0.132. The molecule has 1 saturated heterocycles. The molecule has 4 nitrogen and oxygen atoms in total. The maximum Gasteiger partial charge on any atom is 0.226 e. The highest BCUT2D eigenvalue weighted by Crippen LogP contribution is 2.48. The summed E-state index contributed by atoms with van der Waals surface area (Å²) < 4.78 is 0. The number of hydrogen-bond donors (Lipinski definition) is 0. The van der Waals surface area contributed by atoms with E-state index in [1.807, 2.05) is 22.5 Å². The predicted octanol–water partition coefficient (Wildman–Crippen LogP) is 2.60. The monoisotopic (exact) mass is 313 g/mol. The van der Waals surface area contributed by atoms with Crippen LogP contribution in [-0.2, 0) is 4.79 Å². The number of carbonyl (C=O) groups is 1. The van der Waals surface area contributed by atoms with Crippen molar-refractivity contribution in [2.45, 2.75) is 12.3 Å². The van der Waals surface area contributed by atoms with E-state index in [1.54, 1.807) is 11.3 Å². The second-order valence-corrected chi connectivity index (χ2v) is 6.86. The van der Waals surface area contributed by atoms with Crippen LogP contribution in [0.3, 0.4) is 0 Å². The Morgan fingerprint density at radius 2 is 1.91 bits per heavy atom. The van der Waals surface area contributed by atoms with E-state index in [9.17, 15) is 4.79 Å². The molecule has 2 atom stereocenters. The first-order chi connectivity index (χ1) is 10.8. The zero-order valence-corrected chi connectivity index (χ0v) is 13.2. The standard InChI is InChI=1S/C17H19N3OS/c21-16(15-12-14(15)13-4-2-1-3-5-13)19-7-9-20(10-8-19)17-18-6-11-22-17/h1-6,11,14-15H,7-10,12H2/t14-,15-/m0/s1. The van der Waals surface area contributed by atoms with Gasteiger partial charge in [0, 0.05) is 43.7 Å². The second-order valence-electron chi connectivity index (χ2n) is 5.99. The molecule has 0 spiro atoms. The number of benzene rings is 1. The number of thiazole rings is 1. The van der Waals surface area contributed by atoms with Crippen molar-refractivity contribution in [2.24, 2.45) is 5.92 Å². The van der Waals surface area contributed by atoms with Crippen molar-refractivity contribution in [3.05, 3.63) is 47.5 Å². The number of aromatic nitrogens is 1. The zero-order chi connectivity index (χ0) is 14.9. The Bertz CT molecular complexity index is 635. The van der Waals surface area contributed by atoms with E-state index in [0.717, 1.165) is 37.7 Å². The van der Waals surface area contributed by atoms with Gasteiger partial charge in [0.2, 0.25) is 5.91 Å². The van der Waals surface area contributed by atoms with Gasteiger partial charge in [-0.25, -0.2) is 4.98 Å². The quantitative estimate of drug-likeness (QED) is 0.874. The molecule has 114 valence electrons. The summed E-state index contributed by atoms with van der Waals surface area (Å²) in [4.78, 5) is 21.3. The van der Waals surface area contributed by atoms with Crippen LogP contribution in [0.4, 0.5) is 5.13 Å². The predicted molar refractivity (Wildman–Crippen MR) is 88.2 cm³/mol. The minimum atomic E-state index is 0.203. The van der Waals surface area contributed by atoms with E-state index in [4.69, 9.17) is 0 Å². The van der Waals surface area contributed by atoms with Crippen LogP contribution < -0.4 is 4.90 Å². The lowest BCUT2D eigenvalue weighted by Crippen LogP contribution is -2.49. The molecule has 0 unspecified atom stereocenters. The zero-order valence-electron chi connectivity index (χ0n) is 12.4. The third-order valence-corrected chi connectivity index (χ3v) is 5.45. The third-order valence-electron chi connectivity index (χ3n) is 4.62. The molecule has 2 aliphatic rings. The first-order valence-corrected chi connectivity index (χ1v) is 8.69. The number of anilines is 1. The molecule has 22 heavy (non-hydrogen) atoms. The summed E-state index contributed by atoms with van der Waals surface area (Å²) in [7, 11) is 0. The molecule has 1 aliphatic carbocycles. The molecule has 0 radical (unpaired) electrons. The normalized spacial score (nSPS) is 24.4. The van der Waals surface area contributed by atoms with Crippen molar-refractivity contribution < 1.29 is 4.79 Å². The molecule has 2 heterocycles. The van der Waals surface area contributed by atoms with Crippen molar-refractivity contribution in [1.29, 1.82) is 0 Å². The van der Waals surface area contributed by atoms with Crippen LogP contribution in [0.5, 0.6) is 0 Å². The molecule has 0 N–H and O–H groups in total. The van der Waals surface area contributed by atoms with Crippen LogP contribution in [0.1, 0.15) is 17.9 Å². The van der Waals surface area contributed by atoms with Gasteiger partial charge in [0.25, 0.3) is 0 Å². The first kappa shape index (κ1) is 13.8. The summed E-state index contributed by atoms with van der Waals surface area (Å²) in [6, 6.07) is 10.4. The molecule has 1 aliphatic heterocycles. The fourth-order valence-electron chi connectivity index (χ4n) is 3.26. The number of carbonyl (C=O) groups excluding carboxylic acids is 1. The summed E-state index contributed by atoms with van der Waals surface area (Å²) >= 11 is 1.67. The van der Waals surface area contributed by atoms with Gasteiger partial charge in [-0.2, -0.15) is 0 Å². The van der Waals surface area contributed by atoms with Gasteiger partial charge < -0.3 is 9.80 Å². The van der Waals surface area contributed by atoms with Gasteiger partial charge in [-0.05, 0) is 17.9 Å². The minimum absolute atomic E-state index is 0.203. The summed E-state index contributed by atoms with van der Waals surface area (Å²) in [5.74, 6) is 0.979. The van der Waals surface area contributed by atoms with Crippen LogP contribution in [0.25, 0.3) is 0 Å². The van der Waals surface area contributed by atoms with Gasteiger partial charge >= 0.3 is 0 Å². The van der Waals surface area contributed by atoms with Crippen LogP contribution in [0.2, 0.25) is 0 Å². The molecule has 1 aromatic heterocycles. The fraction of sp³-hybridized carbons (Fsp3) is 0.412. The Labute approximate surface area is 134 Å². The molecule has 4 rings (SSSR count). The lowest BCUT2D eigenvalue weighted by atomic mass is 10.1. The molecule has 1 aromatic carbocycles. The average molecular weight is 313 g/mol. The summed E-state index contributed by atoms with van der Waals surface area (Å²) in [5.41, 5.74) is 1.31. The smallest absolute Gasteiger partial charge is 0.226 e. The van der Waals surface area contributed by atoms with Crippen molar-refractivity contribution in [3.8, 4) is 0 Å². The van der Waals surface area contributed by atoms with Gasteiger partial charge in [-0.1, -0.05) is 30.3 Å². The molecule has 2 aromatic rings. The molecule has 2 fully saturated rings. The second kappa shape index (κ2) is 5.72. The topological polar surface area (TPSA) is 36.4 Å². The van der Waals surface area contributed by atoms with E-state index in [0.29, 0.717) is 11.8 Å². The van der Waals surface area contributed by atoms with Gasteiger partial charge in [-0.15, -0.1) is 11.3 Å². The molecule has 1 saturated carbocycles. The minimum Gasteiger partial charge on any atom is -0.345 e. The summed E-state index contributed by atoms with van der Waals surface area (Å²) in [6.07, 6.45) is 2.85. The van der Waals surface area contributed by atoms with E-state index in [1.165, 1.54) is 5.56 Å². The van der Waals surface area contributed by atoms with Crippen molar-refractivity contribution in [2.75, 3.05) is 31.1 Å². The largest absolute Gasteiger partial charge is 0.345 e. The Kier molecular flexibility index (Phi) is 3.58. The van der Waals surface area contributed by atoms with Gasteiger partial charge in [0.15, 0.2) is 5.13 Å². The first-order valence-electron chi connectivity index (χ1n) is 7.81. The maximum absolute atomic E-state index is 12.6. The SMILES string of the molecule is O=C([C@H]1C[C@H]1c1ccccc1)N1CCN(c2nccs2)CC1. The Balaban J connectivity index is 1.34. The maximum atomic E-state index is 12.6. The molecule has 0 bridgehead atoms. The Morgan fingerprint density at radius 3 is 2.59 bits per heavy atom. The van der Waals surface area contributed by atoms with E-state index >= 15 is 0 Å². The van der Waals surface area contributed by atoms with Crippen LogP contribution >= 0.6 is 11.3 Å². The van der Waals surface area contributed by atoms with Gasteiger partial charge in [0.05, 0.1) is 0 Å². The summed E-state index contributed by atoms with van der Waals surface area (Å²) in [6.45, 7) is 3.41. The van der Waals surface area contributed by atoms with Crippen LogP contribution in [0, 0.1) is 5.92 Å². The van der Waals surface area contributed by atoms with E-state index in [2.05, 4.69) is 34.1 Å². The van der Waals surface area contributed by atoms with Gasteiger partial charge in [0.1, 0.15) is 0 Å². The Hall–Kier alpha value is -1.88. The highest BCUT2D eigenvalue weighted by molar-refractivity contribution is 7.13. The summed E-state index contributed by atoms with van der Waals surface area (Å²) in [5, 5.41) is 3.07. The highest BCUT2D eigenvalue weighted by Gasteiger charge is 2.46. The van der Waals surface area contributed by atoms with E-state index < -0.39 is 0 Å². The number of rotatable bonds is 3.